The van der Waals surface area contributed by atoms with E-state index in [9.17, 15) is 18.3 Å². The van der Waals surface area contributed by atoms with Gasteiger partial charge in [0.2, 0.25) is 0 Å². The fourth-order valence-corrected chi connectivity index (χ4v) is 2.24. The zero-order valence-corrected chi connectivity index (χ0v) is 12.3. The van der Waals surface area contributed by atoms with Crippen LogP contribution in [0.25, 0.3) is 11.3 Å². The Hall–Kier alpha value is -2.96. The molecule has 0 saturated heterocycles. The van der Waals surface area contributed by atoms with Crippen LogP contribution in [0.5, 0.6) is 11.5 Å². The SMILES string of the molecule is Oc1cc(OCc2cccc(C(F)(F)F)c2)ccc1-c1ccn[nH]1. The van der Waals surface area contributed by atoms with Crippen LogP contribution in [0.4, 0.5) is 13.2 Å². The van der Waals surface area contributed by atoms with Gasteiger partial charge in [0.1, 0.15) is 18.1 Å². The first-order valence-electron chi connectivity index (χ1n) is 7.05. The molecule has 2 N–H and O–H groups in total. The minimum absolute atomic E-state index is 0.0132. The summed E-state index contributed by atoms with van der Waals surface area (Å²) in [5.41, 5.74) is 0.874. The average Bonchev–Trinajstić information content (AvgIpc) is 3.07. The fourth-order valence-electron chi connectivity index (χ4n) is 2.24. The van der Waals surface area contributed by atoms with Crippen LogP contribution >= 0.6 is 0 Å². The lowest BCUT2D eigenvalue weighted by molar-refractivity contribution is -0.137. The van der Waals surface area contributed by atoms with Gasteiger partial charge in [0, 0.05) is 17.8 Å². The van der Waals surface area contributed by atoms with Gasteiger partial charge in [0.05, 0.1) is 11.3 Å². The molecular formula is C17H13F3N2O2. The van der Waals surface area contributed by atoms with Crippen molar-refractivity contribution in [2.75, 3.05) is 0 Å². The quantitative estimate of drug-likeness (QED) is 0.744. The molecule has 0 unspecified atom stereocenters. The van der Waals surface area contributed by atoms with Crippen molar-refractivity contribution in [3.05, 3.63) is 65.9 Å². The number of nitrogens with zero attached hydrogens (tertiary/aromatic N) is 1. The second kappa shape index (κ2) is 6.27. The standard InChI is InChI=1S/C17H13F3N2O2/c18-17(19,20)12-3-1-2-11(8-12)10-24-13-4-5-14(16(23)9-13)15-6-7-21-22-15/h1-9,23H,10H2,(H,21,22). The number of hydrogen-bond acceptors (Lipinski definition) is 3. The summed E-state index contributed by atoms with van der Waals surface area (Å²) < 4.78 is 43.5. The number of ether oxygens (including phenoxy) is 1. The summed E-state index contributed by atoms with van der Waals surface area (Å²) in [4.78, 5) is 0. The summed E-state index contributed by atoms with van der Waals surface area (Å²) in [5.74, 6) is 0.342. The van der Waals surface area contributed by atoms with E-state index in [1.807, 2.05) is 0 Å². The second-order valence-electron chi connectivity index (χ2n) is 5.14. The number of aromatic nitrogens is 2. The zero-order valence-electron chi connectivity index (χ0n) is 12.3. The summed E-state index contributed by atoms with van der Waals surface area (Å²) in [5, 5.41) is 16.6. The predicted octanol–water partition coefficient (Wildman–Crippen LogP) is 4.38. The molecule has 1 heterocycles. The van der Waals surface area contributed by atoms with Crippen LogP contribution in [-0.4, -0.2) is 15.3 Å². The molecule has 1 aromatic heterocycles. The van der Waals surface area contributed by atoms with E-state index in [4.69, 9.17) is 4.74 Å². The smallest absolute Gasteiger partial charge is 0.416 e. The molecule has 24 heavy (non-hydrogen) atoms. The van der Waals surface area contributed by atoms with Crippen LogP contribution in [-0.2, 0) is 12.8 Å². The summed E-state index contributed by atoms with van der Waals surface area (Å²) >= 11 is 0. The van der Waals surface area contributed by atoms with Crippen molar-refractivity contribution in [3.63, 3.8) is 0 Å². The molecule has 3 aromatic rings. The normalized spacial score (nSPS) is 11.5. The molecule has 0 saturated carbocycles. The zero-order chi connectivity index (χ0) is 17.2. The highest BCUT2D eigenvalue weighted by Crippen LogP contribution is 2.32. The summed E-state index contributed by atoms with van der Waals surface area (Å²) in [6.45, 7) is -0.0350. The number of halogens is 3. The Balaban J connectivity index is 1.72. The van der Waals surface area contributed by atoms with E-state index in [0.29, 0.717) is 22.6 Å². The Morgan fingerprint density at radius 3 is 2.58 bits per heavy atom. The molecule has 2 aromatic carbocycles. The third-order valence-corrected chi connectivity index (χ3v) is 3.42. The Kier molecular flexibility index (Phi) is 4.16. The number of nitrogens with one attached hydrogen (secondary N) is 1. The number of phenols is 1. The Morgan fingerprint density at radius 2 is 1.92 bits per heavy atom. The van der Waals surface area contributed by atoms with Gasteiger partial charge in [-0.25, -0.2) is 0 Å². The molecule has 0 fully saturated rings. The third kappa shape index (κ3) is 3.51. The summed E-state index contributed by atoms with van der Waals surface area (Å²) in [6, 6.07) is 11.3. The van der Waals surface area contributed by atoms with Crippen molar-refractivity contribution in [3.8, 4) is 22.8 Å². The molecule has 0 amide bonds. The highest BCUT2D eigenvalue weighted by atomic mass is 19.4. The summed E-state index contributed by atoms with van der Waals surface area (Å²) in [6.07, 6.45) is -2.83. The van der Waals surface area contributed by atoms with Gasteiger partial charge in [-0.2, -0.15) is 18.3 Å². The Bertz CT molecular complexity index is 830. The first-order valence-corrected chi connectivity index (χ1v) is 7.05. The van der Waals surface area contributed by atoms with Gasteiger partial charge in [0.15, 0.2) is 0 Å². The van der Waals surface area contributed by atoms with Crippen molar-refractivity contribution in [1.29, 1.82) is 0 Å². The van der Waals surface area contributed by atoms with E-state index in [1.54, 1.807) is 30.5 Å². The first kappa shape index (κ1) is 15.9. The number of aromatic hydroxyl groups is 1. The van der Waals surface area contributed by atoms with Crippen LogP contribution < -0.4 is 4.74 Å². The monoisotopic (exact) mass is 334 g/mol. The predicted molar refractivity (Wildman–Crippen MR) is 81.5 cm³/mol. The lowest BCUT2D eigenvalue weighted by Crippen LogP contribution is -2.06. The number of benzene rings is 2. The van der Waals surface area contributed by atoms with Gasteiger partial charge < -0.3 is 9.84 Å². The van der Waals surface area contributed by atoms with E-state index in [2.05, 4.69) is 10.2 Å². The van der Waals surface area contributed by atoms with Crippen LogP contribution in [0.3, 0.4) is 0 Å². The Labute approximate surface area is 135 Å². The molecule has 0 aliphatic heterocycles. The topological polar surface area (TPSA) is 58.1 Å². The number of H-pyrrole nitrogens is 1. The molecule has 7 heteroatoms. The molecule has 0 aliphatic rings. The second-order valence-corrected chi connectivity index (χ2v) is 5.14. The molecule has 0 aliphatic carbocycles. The number of hydrogen-bond donors (Lipinski definition) is 2. The van der Waals surface area contributed by atoms with Crippen molar-refractivity contribution < 1.29 is 23.0 Å². The minimum Gasteiger partial charge on any atom is -0.507 e. The van der Waals surface area contributed by atoms with Crippen LogP contribution in [0, 0.1) is 0 Å². The fraction of sp³-hybridized carbons (Fsp3) is 0.118. The average molecular weight is 334 g/mol. The summed E-state index contributed by atoms with van der Waals surface area (Å²) in [7, 11) is 0. The van der Waals surface area contributed by atoms with Crippen molar-refractivity contribution in [2.45, 2.75) is 12.8 Å². The number of aromatic amines is 1. The molecule has 4 nitrogen and oxygen atoms in total. The van der Waals surface area contributed by atoms with Crippen molar-refractivity contribution in [2.24, 2.45) is 0 Å². The van der Waals surface area contributed by atoms with E-state index < -0.39 is 11.7 Å². The van der Waals surface area contributed by atoms with Gasteiger partial charge in [-0.15, -0.1) is 0 Å². The molecule has 0 atom stereocenters. The maximum atomic E-state index is 12.7. The lowest BCUT2D eigenvalue weighted by Gasteiger charge is -2.11. The molecular weight excluding hydrogens is 321 g/mol. The van der Waals surface area contributed by atoms with Gasteiger partial charge in [0.25, 0.3) is 0 Å². The minimum atomic E-state index is -4.39. The van der Waals surface area contributed by atoms with Gasteiger partial charge in [-0.05, 0) is 35.9 Å². The molecule has 0 bridgehead atoms. The first-order chi connectivity index (χ1) is 11.4. The van der Waals surface area contributed by atoms with Crippen molar-refractivity contribution >= 4 is 0 Å². The third-order valence-electron chi connectivity index (χ3n) is 3.42. The van der Waals surface area contributed by atoms with Crippen molar-refractivity contribution in [1.82, 2.24) is 10.2 Å². The lowest BCUT2D eigenvalue weighted by atomic mass is 10.1. The number of rotatable bonds is 4. The van der Waals surface area contributed by atoms with E-state index in [-0.39, 0.29) is 12.4 Å². The maximum absolute atomic E-state index is 12.7. The molecule has 124 valence electrons. The maximum Gasteiger partial charge on any atom is 0.416 e. The van der Waals surface area contributed by atoms with Crippen LogP contribution in [0.2, 0.25) is 0 Å². The van der Waals surface area contributed by atoms with Gasteiger partial charge in [-0.3, -0.25) is 5.10 Å². The van der Waals surface area contributed by atoms with E-state index in [0.717, 1.165) is 12.1 Å². The van der Waals surface area contributed by atoms with Gasteiger partial charge in [-0.1, -0.05) is 12.1 Å². The van der Waals surface area contributed by atoms with E-state index in [1.165, 1.54) is 12.1 Å². The number of alkyl halides is 3. The molecule has 3 rings (SSSR count). The highest BCUT2D eigenvalue weighted by molar-refractivity contribution is 5.67. The molecule has 0 radical (unpaired) electrons. The number of phenolic OH excluding ortho intramolecular Hbond substituents is 1. The van der Waals surface area contributed by atoms with Gasteiger partial charge >= 0.3 is 6.18 Å². The largest absolute Gasteiger partial charge is 0.507 e. The van der Waals surface area contributed by atoms with E-state index >= 15 is 0 Å². The highest BCUT2D eigenvalue weighted by Gasteiger charge is 2.30. The molecule has 0 spiro atoms. The van der Waals surface area contributed by atoms with Crippen LogP contribution in [0.1, 0.15) is 11.1 Å². The Morgan fingerprint density at radius 1 is 1.08 bits per heavy atom. The van der Waals surface area contributed by atoms with Crippen LogP contribution in [0.15, 0.2) is 54.7 Å².